The van der Waals surface area contributed by atoms with Crippen LogP contribution in [0.1, 0.15) is 48.5 Å². The maximum Gasteiger partial charge on any atom is 0.255 e. The predicted molar refractivity (Wildman–Crippen MR) is 79.7 cm³/mol. The summed E-state index contributed by atoms with van der Waals surface area (Å²) in [6, 6.07) is 5.06. The molecule has 0 saturated heterocycles. The molecule has 0 heterocycles. The summed E-state index contributed by atoms with van der Waals surface area (Å²) in [5, 5.41) is 13.0. The average Bonchev–Trinajstić information content (AvgIpc) is 2.44. The molecule has 1 fully saturated rings. The van der Waals surface area contributed by atoms with Crippen molar-refractivity contribution < 1.29 is 9.90 Å². The maximum atomic E-state index is 12.5. The molecule has 0 radical (unpaired) electrons. The van der Waals surface area contributed by atoms with Crippen LogP contribution in [0, 0.1) is 12.8 Å². The third kappa shape index (κ3) is 2.80. The Labute approximate surface area is 120 Å². The first-order valence-electron chi connectivity index (χ1n) is 7.31. The summed E-state index contributed by atoms with van der Waals surface area (Å²) < 4.78 is 0. The van der Waals surface area contributed by atoms with Gasteiger partial charge in [0.25, 0.3) is 5.91 Å². The van der Waals surface area contributed by atoms with Crippen LogP contribution in [-0.4, -0.2) is 23.1 Å². The highest BCUT2D eigenvalue weighted by atomic mass is 16.3. The summed E-state index contributed by atoms with van der Waals surface area (Å²) in [6.45, 7) is 4.48. The van der Waals surface area contributed by atoms with Gasteiger partial charge in [-0.2, -0.15) is 0 Å². The van der Waals surface area contributed by atoms with Crippen LogP contribution in [0.5, 0.6) is 5.75 Å². The molecule has 4 N–H and O–H groups in total. The lowest BCUT2D eigenvalue weighted by Gasteiger charge is -2.42. The highest BCUT2D eigenvalue weighted by molar-refractivity contribution is 5.97. The fourth-order valence-electron chi connectivity index (χ4n) is 3.08. The number of aromatic hydroxyl groups is 1. The Morgan fingerprint density at radius 1 is 1.50 bits per heavy atom. The van der Waals surface area contributed by atoms with Crippen LogP contribution in [0.15, 0.2) is 18.2 Å². The SMILES string of the molecule is Cc1ccc(O)c(C(=O)NC2(CN)CCCCC2C)c1. The van der Waals surface area contributed by atoms with Gasteiger partial charge >= 0.3 is 0 Å². The zero-order chi connectivity index (χ0) is 14.8. The quantitative estimate of drug-likeness (QED) is 0.793. The van der Waals surface area contributed by atoms with Crippen LogP contribution in [-0.2, 0) is 0 Å². The number of benzene rings is 1. The standard InChI is InChI=1S/C16H24N2O2/c1-11-6-7-14(19)13(9-11)15(20)18-16(10-17)8-4-3-5-12(16)2/h6-7,9,12,19H,3-5,8,10,17H2,1-2H3,(H,18,20). The van der Waals surface area contributed by atoms with Crippen LogP contribution < -0.4 is 11.1 Å². The molecule has 0 aromatic heterocycles. The number of hydrogen-bond donors (Lipinski definition) is 3. The number of nitrogens with one attached hydrogen (secondary N) is 1. The molecule has 1 aromatic carbocycles. The molecular formula is C16H24N2O2. The molecule has 110 valence electrons. The second-order valence-electron chi connectivity index (χ2n) is 5.98. The Hall–Kier alpha value is -1.55. The van der Waals surface area contributed by atoms with Gasteiger partial charge in [-0.3, -0.25) is 4.79 Å². The van der Waals surface area contributed by atoms with E-state index < -0.39 is 0 Å². The Morgan fingerprint density at radius 3 is 2.90 bits per heavy atom. The number of phenols is 1. The molecule has 0 spiro atoms. The Morgan fingerprint density at radius 2 is 2.25 bits per heavy atom. The van der Waals surface area contributed by atoms with E-state index in [2.05, 4.69) is 12.2 Å². The molecule has 2 unspecified atom stereocenters. The number of phenolic OH excluding ortho intramolecular Hbond substituents is 1. The van der Waals surface area contributed by atoms with Gasteiger partial charge in [-0.05, 0) is 37.8 Å². The number of carbonyl (C=O) groups is 1. The first-order chi connectivity index (χ1) is 9.48. The van der Waals surface area contributed by atoms with E-state index in [-0.39, 0.29) is 17.2 Å². The number of rotatable bonds is 3. The van der Waals surface area contributed by atoms with Gasteiger partial charge in [0.1, 0.15) is 5.75 Å². The molecule has 2 atom stereocenters. The van der Waals surface area contributed by atoms with Gasteiger partial charge in [-0.25, -0.2) is 0 Å². The van der Waals surface area contributed by atoms with Gasteiger partial charge in [0, 0.05) is 6.54 Å². The second-order valence-corrected chi connectivity index (χ2v) is 5.98. The van der Waals surface area contributed by atoms with Crippen LogP contribution in [0.3, 0.4) is 0 Å². The maximum absolute atomic E-state index is 12.5. The van der Waals surface area contributed by atoms with Gasteiger partial charge < -0.3 is 16.2 Å². The third-order valence-corrected chi connectivity index (χ3v) is 4.58. The minimum atomic E-state index is -0.342. The fourth-order valence-corrected chi connectivity index (χ4v) is 3.08. The predicted octanol–water partition coefficient (Wildman–Crippen LogP) is 2.34. The van der Waals surface area contributed by atoms with Gasteiger partial charge in [-0.15, -0.1) is 0 Å². The largest absolute Gasteiger partial charge is 0.507 e. The van der Waals surface area contributed by atoms with Crippen molar-refractivity contribution in [1.82, 2.24) is 5.32 Å². The Bertz CT molecular complexity index is 501. The van der Waals surface area contributed by atoms with Gasteiger partial charge in [0.2, 0.25) is 0 Å². The van der Waals surface area contributed by atoms with Crippen LogP contribution in [0.4, 0.5) is 0 Å². The lowest BCUT2D eigenvalue weighted by atomic mass is 9.73. The summed E-state index contributed by atoms with van der Waals surface area (Å²) >= 11 is 0. The monoisotopic (exact) mass is 276 g/mol. The van der Waals surface area contributed by atoms with E-state index in [9.17, 15) is 9.90 Å². The van der Waals surface area contributed by atoms with Gasteiger partial charge in [0.15, 0.2) is 0 Å². The van der Waals surface area contributed by atoms with Crippen molar-refractivity contribution in [3.8, 4) is 5.75 Å². The average molecular weight is 276 g/mol. The topological polar surface area (TPSA) is 75.3 Å². The second kappa shape index (κ2) is 5.83. The Kier molecular flexibility index (Phi) is 4.33. The van der Waals surface area contributed by atoms with E-state index in [1.807, 2.05) is 6.92 Å². The summed E-state index contributed by atoms with van der Waals surface area (Å²) in [5.41, 5.74) is 6.88. The van der Waals surface area contributed by atoms with Crippen molar-refractivity contribution >= 4 is 5.91 Å². The molecule has 1 saturated carbocycles. The van der Waals surface area contributed by atoms with Crippen LogP contribution >= 0.6 is 0 Å². The van der Waals surface area contributed by atoms with E-state index in [0.717, 1.165) is 24.8 Å². The van der Waals surface area contributed by atoms with Crippen molar-refractivity contribution in [2.45, 2.75) is 45.1 Å². The van der Waals surface area contributed by atoms with Crippen LogP contribution in [0.25, 0.3) is 0 Å². The molecule has 1 aliphatic carbocycles. The lowest BCUT2D eigenvalue weighted by Crippen LogP contribution is -2.59. The Balaban J connectivity index is 2.23. The van der Waals surface area contributed by atoms with Crippen molar-refractivity contribution in [1.29, 1.82) is 0 Å². The van der Waals surface area contributed by atoms with Gasteiger partial charge in [0.05, 0.1) is 11.1 Å². The minimum Gasteiger partial charge on any atom is -0.507 e. The van der Waals surface area contributed by atoms with Gasteiger partial charge in [-0.1, -0.05) is 31.4 Å². The summed E-state index contributed by atoms with van der Waals surface area (Å²) in [7, 11) is 0. The molecule has 2 rings (SSSR count). The van der Waals surface area contributed by atoms with Crippen molar-refractivity contribution in [3.63, 3.8) is 0 Å². The normalized spacial score (nSPS) is 26.2. The van der Waals surface area contributed by atoms with Crippen molar-refractivity contribution in [2.24, 2.45) is 11.7 Å². The van der Waals surface area contributed by atoms with E-state index in [0.29, 0.717) is 18.0 Å². The number of aryl methyl sites for hydroxylation is 1. The summed E-state index contributed by atoms with van der Waals surface area (Å²) in [4.78, 5) is 12.5. The van der Waals surface area contributed by atoms with E-state index >= 15 is 0 Å². The third-order valence-electron chi connectivity index (χ3n) is 4.58. The minimum absolute atomic E-state index is 0.0173. The first-order valence-corrected chi connectivity index (χ1v) is 7.31. The van der Waals surface area contributed by atoms with Crippen molar-refractivity contribution in [2.75, 3.05) is 6.54 Å². The molecule has 4 heteroatoms. The fraction of sp³-hybridized carbons (Fsp3) is 0.562. The number of nitrogens with two attached hydrogens (primary N) is 1. The van der Waals surface area contributed by atoms with E-state index in [4.69, 9.17) is 5.73 Å². The number of hydrogen-bond acceptors (Lipinski definition) is 3. The van der Waals surface area contributed by atoms with E-state index in [1.54, 1.807) is 18.2 Å². The molecule has 20 heavy (non-hydrogen) atoms. The van der Waals surface area contributed by atoms with Crippen LogP contribution in [0.2, 0.25) is 0 Å². The molecular weight excluding hydrogens is 252 g/mol. The molecule has 1 aromatic rings. The van der Waals surface area contributed by atoms with E-state index in [1.165, 1.54) is 6.42 Å². The molecule has 0 bridgehead atoms. The smallest absolute Gasteiger partial charge is 0.255 e. The number of amides is 1. The molecule has 1 aliphatic rings. The molecule has 4 nitrogen and oxygen atoms in total. The zero-order valence-electron chi connectivity index (χ0n) is 12.3. The first kappa shape index (κ1) is 14.9. The number of carbonyl (C=O) groups excluding carboxylic acids is 1. The lowest BCUT2D eigenvalue weighted by molar-refractivity contribution is 0.0810. The zero-order valence-corrected chi connectivity index (χ0v) is 12.3. The van der Waals surface area contributed by atoms with Crippen molar-refractivity contribution in [3.05, 3.63) is 29.3 Å². The molecule has 0 aliphatic heterocycles. The highest BCUT2D eigenvalue weighted by Gasteiger charge is 2.38. The molecule has 1 amide bonds. The summed E-state index contributed by atoms with van der Waals surface area (Å²) in [6.07, 6.45) is 4.26. The summed E-state index contributed by atoms with van der Waals surface area (Å²) in [5.74, 6) is 0.145. The highest BCUT2D eigenvalue weighted by Crippen LogP contribution is 2.33.